The zero-order valence-electron chi connectivity index (χ0n) is 15.5. The summed E-state index contributed by atoms with van der Waals surface area (Å²) in [5, 5.41) is 2.91. The lowest BCUT2D eigenvalue weighted by atomic mass is 10.0. The molecule has 1 amide bonds. The fourth-order valence-electron chi connectivity index (χ4n) is 4.13. The molecule has 1 saturated carbocycles. The van der Waals surface area contributed by atoms with Gasteiger partial charge in [0.2, 0.25) is 11.7 Å². The fourth-order valence-corrected chi connectivity index (χ4v) is 4.13. The summed E-state index contributed by atoms with van der Waals surface area (Å²) in [5.41, 5.74) is 1.55. The van der Waals surface area contributed by atoms with Crippen LogP contribution in [0.15, 0.2) is 36.5 Å². The van der Waals surface area contributed by atoms with Gasteiger partial charge < -0.3 is 10.2 Å². The Kier molecular flexibility index (Phi) is 4.88. The van der Waals surface area contributed by atoms with Crippen LogP contribution in [-0.4, -0.2) is 33.7 Å². The first-order chi connectivity index (χ1) is 13.2. The summed E-state index contributed by atoms with van der Waals surface area (Å²) in [6.07, 6.45) is 7.00. The summed E-state index contributed by atoms with van der Waals surface area (Å²) >= 11 is 0. The summed E-state index contributed by atoms with van der Waals surface area (Å²) in [6.45, 7) is 2.01. The number of ketones is 1. The summed E-state index contributed by atoms with van der Waals surface area (Å²) < 4.78 is 0. The molecule has 1 atom stereocenters. The van der Waals surface area contributed by atoms with Crippen LogP contribution in [0, 0.1) is 0 Å². The van der Waals surface area contributed by atoms with Gasteiger partial charge in [0.25, 0.3) is 0 Å². The van der Waals surface area contributed by atoms with Crippen molar-refractivity contribution in [3.63, 3.8) is 0 Å². The molecule has 6 heteroatoms. The van der Waals surface area contributed by atoms with Gasteiger partial charge in [0.05, 0.1) is 6.20 Å². The van der Waals surface area contributed by atoms with Gasteiger partial charge in [-0.2, -0.15) is 0 Å². The van der Waals surface area contributed by atoms with Crippen molar-refractivity contribution in [3.8, 4) is 0 Å². The number of nitrogens with one attached hydrogen (secondary N) is 1. The molecule has 27 heavy (non-hydrogen) atoms. The molecule has 2 heterocycles. The first kappa shape index (κ1) is 17.6. The fraction of sp³-hybridized carbons (Fsp3) is 0.429. The maximum Gasteiger partial charge on any atom is 0.247 e. The molecular formula is C21H24N4O2. The van der Waals surface area contributed by atoms with Crippen LogP contribution in [0.2, 0.25) is 0 Å². The maximum atomic E-state index is 12.7. The lowest BCUT2D eigenvalue weighted by molar-refractivity contribution is -0.117. The van der Waals surface area contributed by atoms with Crippen LogP contribution in [-0.2, 0) is 11.2 Å². The lowest BCUT2D eigenvalue weighted by Crippen LogP contribution is -2.52. The number of Topliss-reactive ketones (excluding diaryl/α,β-unsaturated/α-hetero) is 1. The monoisotopic (exact) mass is 364 g/mol. The van der Waals surface area contributed by atoms with E-state index in [-0.39, 0.29) is 30.0 Å². The number of carbonyl (C=O) groups excluding carboxylic acids is 2. The van der Waals surface area contributed by atoms with E-state index < -0.39 is 0 Å². The number of hydrogen-bond donors (Lipinski definition) is 1. The minimum atomic E-state index is -0.243. The molecule has 1 N–H and O–H groups in total. The molecule has 1 aromatic carbocycles. The first-order valence-electron chi connectivity index (χ1n) is 9.70. The van der Waals surface area contributed by atoms with Crippen LogP contribution < -0.4 is 10.2 Å². The summed E-state index contributed by atoms with van der Waals surface area (Å²) in [5.74, 6) is 0.788. The minimum absolute atomic E-state index is 0.0103. The molecule has 1 fully saturated rings. The number of hydrogen-bond acceptors (Lipinski definition) is 5. The Balaban J connectivity index is 1.67. The van der Waals surface area contributed by atoms with Crippen molar-refractivity contribution < 1.29 is 9.59 Å². The van der Waals surface area contributed by atoms with E-state index in [9.17, 15) is 9.59 Å². The summed E-state index contributed by atoms with van der Waals surface area (Å²) in [6, 6.07) is 9.66. The predicted octanol–water partition coefficient (Wildman–Crippen LogP) is 3.38. The molecule has 6 nitrogen and oxygen atoms in total. The van der Waals surface area contributed by atoms with E-state index in [0.29, 0.717) is 24.0 Å². The maximum absolute atomic E-state index is 12.7. The van der Waals surface area contributed by atoms with E-state index in [0.717, 1.165) is 18.4 Å². The van der Waals surface area contributed by atoms with Crippen LogP contribution >= 0.6 is 0 Å². The van der Waals surface area contributed by atoms with Crippen LogP contribution in [0.4, 0.5) is 11.5 Å². The summed E-state index contributed by atoms with van der Waals surface area (Å²) in [4.78, 5) is 36.2. The molecule has 0 unspecified atom stereocenters. The molecule has 140 valence electrons. The van der Waals surface area contributed by atoms with Gasteiger partial charge >= 0.3 is 0 Å². The third-order valence-corrected chi connectivity index (χ3v) is 5.47. The van der Waals surface area contributed by atoms with Gasteiger partial charge in [-0.1, -0.05) is 50.1 Å². The summed E-state index contributed by atoms with van der Waals surface area (Å²) in [7, 11) is 0. The van der Waals surface area contributed by atoms with Crippen molar-refractivity contribution in [2.24, 2.45) is 0 Å². The number of anilines is 2. The van der Waals surface area contributed by atoms with Crippen molar-refractivity contribution in [3.05, 3.63) is 47.9 Å². The highest BCUT2D eigenvalue weighted by Crippen LogP contribution is 2.37. The number of rotatable bonds is 5. The molecule has 4 rings (SSSR count). The van der Waals surface area contributed by atoms with E-state index in [4.69, 9.17) is 0 Å². The topological polar surface area (TPSA) is 75.2 Å². The van der Waals surface area contributed by atoms with Crippen LogP contribution in [0.1, 0.15) is 55.2 Å². The standard InChI is InChI=1S/C21H24N4O2/c1-2-17-21(27)23-16-13-22-19(18(26)12-14-8-4-3-5-9-14)24-20(16)25(17)15-10-6-7-11-15/h3-5,8-9,13,15,17H,2,6-7,10-12H2,1H3,(H,23,27)/t17-/m1/s1. The quantitative estimate of drug-likeness (QED) is 0.823. The van der Waals surface area contributed by atoms with Crippen molar-refractivity contribution in [1.29, 1.82) is 0 Å². The second-order valence-electron chi connectivity index (χ2n) is 7.28. The van der Waals surface area contributed by atoms with E-state index >= 15 is 0 Å². The van der Waals surface area contributed by atoms with Gasteiger partial charge in [0.15, 0.2) is 11.6 Å². The first-order valence-corrected chi connectivity index (χ1v) is 9.70. The molecule has 0 bridgehead atoms. The zero-order valence-corrected chi connectivity index (χ0v) is 15.5. The molecule has 0 spiro atoms. The number of fused-ring (bicyclic) bond motifs is 1. The Morgan fingerprint density at radius 3 is 2.67 bits per heavy atom. The lowest BCUT2D eigenvalue weighted by Gasteiger charge is -2.40. The van der Waals surface area contributed by atoms with Crippen LogP contribution in [0.3, 0.4) is 0 Å². The van der Waals surface area contributed by atoms with E-state index in [2.05, 4.69) is 20.2 Å². The molecule has 1 aliphatic carbocycles. The van der Waals surface area contributed by atoms with Crippen LogP contribution in [0.5, 0.6) is 0 Å². The number of benzene rings is 1. The Morgan fingerprint density at radius 2 is 1.96 bits per heavy atom. The molecule has 0 radical (unpaired) electrons. The Morgan fingerprint density at radius 1 is 1.22 bits per heavy atom. The van der Waals surface area contributed by atoms with Gasteiger partial charge in [0.1, 0.15) is 11.7 Å². The molecule has 2 aliphatic rings. The number of nitrogens with zero attached hydrogens (tertiary/aromatic N) is 3. The Bertz CT molecular complexity index is 847. The highest BCUT2D eigenvalue weighted by molar-refractivity contribution is 6.03. The molecule has 0 saturated heterocycles. The number of aromatic nitrogens is 2. The third-order valence-electron chi connectivity index (χ3n) is 5.47. The third kappa shape index (κ3) is 3.44. The Labute approximate surface area is 159 Å². The second-order valence-corrected chi connectivity index (χ2v) is 7.28. The highest BCUT2D eigenvalue weighted by Gasteiger charge is 2.38. The number of amides is 1. The van der Waals surface area contributed by atoms with Crippen molar-refractivity contribution in [1.82, 2.24) is 9.97 Å². The SMILES string of the molecule is CC[C@@H]1C(=O)Nc2cnc(C(=O)Cc3ccccc3)nc2N1C1CCCC1. The van der Waals surface area contributed by atoms with Crippen molar-refractivity contribution in [2.45, 2.75) is 57.5 Å². The Hall–Kier alpha value is -2.76. The molecule has 1 aliphatic heterocycles. The highest BCUT2D eigenvalue weighted by atomic mass is 16.2. The van der Waals surface area contributed by atoms with Crippen molar-refractivity contribution >= 4 is 23.2 Å². The van der Waals surface area contributed by atoms with Crippen LogP contribution in [0.25, 0.3) is 0 Å². The zero-order chi connectivity index (χ0) is 18.8. The van der Waals surface area contributed by atoms with E-state index in [1.54, 1.807) is 6.20 Å². The minimum Gasteiger partial charge on any atom is -0.340 e. The van der Waals surface area contributed by atoms with Gasteiger partial charge in [-0.25, -0.2) is 9.97 Å². The molecule has 1 aromatic heterocycles. The van der Waals surface area contributed by atoms with Gasteiger partial charge in [-0.05, 0) is 24.8 Å². The smallest absolute Gasteiger partial charge is 0.247 e. The predicted molar refractivity (Wildman–Crippen MR) is 104 cm³/mol. The molecular weight excluding hydrogens is 340 g/mol. The number of carbonyl (C=O) groups is 2. The normalized spacial score (nSPS) is 19.7. The largest absolute Gasteiger partial charge is 0.340 e. The van der Waals surface area contributed by atoms with Gasteiger partial charge in [0, 0.05) is 12.5 Å². The average molecular weight is 364 g/mol. The van der Waals surface area contributed by atoms with Gasteiger partial charge in [-0.3, -0.25) is 9.59 Å². The van der Waals surface area contributed by atoms with E-state index in [1.165, 1.54) is 12.8 Å². The second kappa shape index (κ2) is 7.47. The van der Waals surface area contributed by atoms with E-state index in [1.807, 2.05) is 37.3 Å². The van der Waals surface area contributed by atoms with Crippen molar-refractivity contribution in [2.75, 3.05) is 10.2 Å². The van der Waals surface area contributed by atoms with Gasteiger partial charge in [-0.15, -0.1) is 0 Å². The molecule has 2 aromatic rings. The average Bonchev–Trinajstić information content (AvgIpc) is 3.21.